The molecule has 1 aliphatic rings. The summed E-state index contributed by atoms with van der Waals surface area (Å²) < 4.78 is 0. The second-order valence-electron chi connectivity index (χ2n) is 6.93. The van der Waals surface area contributed by atoms with E-state index in [4.69, 9.17) is 0 Å². The van der Waals surface area contributed by atoms with Crippen LogP contribution in [0.2, 0.25) is 0 Å². The Balaban J connectivity index is 1.88. The molecule has 0 aliphatic carbocycles. The summed E-state index contributed by atoms with van der Waals surface area (Å²) >= 11 is 1.57. The van der Waals surface area contributed by atoms with Gasteiger partial charge in [0.15, 0.2) is 0 Å². The van der Waals surface area contributed by atoms with Crippen LogP contribution >= 0.6 is 11.3 Å². The number of aromatic nitrogens is 1. The number of anilines is 1. The molecule has 0 bridgehead atoms. The summed E-state index contributed by atoms with van der Waals surface area (Å²) in [6.45, 7) is 7.45. The van der Waals surface area contributed by atoms with Crippen molar-refractivity contribution < 1.29 is 9.72 Å². The van der Waals surface area contributed by atoms with Gasteiger partial charge in [-0.05, 0) is 45.7 Å². The van der Waals surface area contributed by atoms with Crippen LogP contribution in [0.3, 0.4) is 0 Å². The smallest absolute Gasteiger partial charge is 0.293 e. The Morgan fingerprint density at radius 2 is 2.00 bits per heavy atom. The van der Waals surface area contributed by atoms with Gasteiger partial charge in [-0.25, -0.2) is 4.98 Å². The van der Waals surface area contributed by atoms with Crippen molar-refractivity contribution in [2.24, 2.45) is 0 Å². The maximum Gasteiger partial charge on any atom is 0.293 e. The molecule has 1 atom stereocenters. The molecular weight excluding hydrogens is 364 g/mol. The lowest BCUT2D eigenvalue weighted by Crippen LogP contribution is -2.29. The standard InChI is InChI=1S/C19H24N4O3S/c1-12-18(27-14(3)20-12)13(2)21(4)19(24)15-7-8-16(17(11-15)23(25)26)22-9-5-6-10-22/h7-8,11,13H,5-6,9-10H2,1-4H3. The zero-order chi connectivity index (χ0) is 19.7. The second kappa shape index (κ2) is 7.64. The van der Waals surface area contributed by atoms with E-state index in [9.17, 15) is 14.9 Å². The Morgan fingerprint density at radius 3 is 2.56 bits per heavy atom. The molecule has 1 fully saturated rings. The first kappa shape index (κ1) is 19.3. The largest absolute Gasteiger partial charge is 0.366 e. The Labute approximate surface area is 162 Å². The number of benzene rings is 1. The molecule has 0 spiro atoms. The normalized spacial score (nSPS) is 15.0. The maximum atomic E-state index is 13.0. The third kappa shape index (κ3) is 3.80. The van der Waals surface area contributed by atoms with Gasteiger partial charge in [0, 0.05) is 36.6 Å². The number of nitrogens with zero attached hydrogens (tertiary/aromatic N) is 4. The Bertz CT molecular complexity index is 874. The molecule has 144 valence electrons. The van der Waals surface area contributed by atoms with E-state index in [1.165, 1.54) is 6.07 Å². The Kier molecular flexibility index (Phi) is 5.46. The van der Waals surface area contributed by atoms with Gasteiger partial charge < -0.3 is 9.80 Å². The first-order valence-corrected chi connectivity index (χ1v) is 9.85. The van der Waals surface area contributed by atoms with Gasteiger partial charge >= 0.3 is 0 Å². The molecule has 1 saturated heterocycles. The highest BCUT2D eigenvalue weighted by Crippen LogP contribution is 2.33. The molecule has 2 heterocycles. The minimum atomic E-state index is -0.398. The van der Waals surface area contributed by atoms with E-state index in [2.05, 4.69) is 4.98 Å². The SMILES string of the molecule is Cc1nc(C)c(C(C)N(C)C(=O)c2ccc(N3CCCC3)c([N+](=O)[O-])c2)s1. The molecule has 7 nitrogen and oxygen atoms in total. The van der Waals surface area contributed by atoms with Gasteiger partial charge in [-0.3, -0.25) is 14.9 Å². The van der Waals surface area contributed by atoms with Gasteiger partial charge in [-0.2, -0.15) is 0 Å². The Morgan fingerprint density at radius 1 is 1.33 bits per heavy atom. The number of aryl methyl sites for hydroxylation is 2. The molecule has 0 radical (unpaired) electrons. The van der Waals surface area contributed by atoms with Gasteiger partial charge in [-0.1, -0.05) is 0 Å². The minimum absolute atomic E-state index is 0.00591. The monoisotopic (exact) mass is 388 g/mol. The lowest BCUT2D eigenvalue weighted by atomic mass is 10.1. The number of nitro groups is 1. The summed E-state index contributed by atoms with van der Waals surface area (Å²) in [5.41, 5.74) is 1.84. The lowest BCUT2D eigenvalue weighted by molar-refractivity contribution is -0.384. The quantitative estimate of drug-likeness (QED) is 0.569. The Hall–Kier alpha value is -2.48. The van der Waals surface area contributed by atoms with Crippen molar-refractivity contribution in [2.75, 3.05) is 25.0 Å². The predicted octanol–water partition coefficient (Wildman–Crippen LogP) is 4.10. The fraction of sp³-hybridized carbons (Fsp3) is 0.474. The number of hydrogen-bond acceptors (Lipinski definition) is 6. The van der Waals surface area contributed by atoms with Crippen molar-refractivity contribution in [2.45, 2.75) is 39.7 Å². The summed E-state index contributed by atoms with van der Waals surface area (Å²) in [4.78, 5) is 33.2. The lowest BCUT2D eigenvalue weighted by Gasteiger charge is -2.25. The second-order valence-corrected chi connectivity index (χ2v) is 8.16. The molecule has 0 saturated carbocycles. The van der Waals surface area contributed by atoms with Crippen LogP contribution in [-0.2, 0) is 0 Å². The number of nitro benzene ring substituents is 1. The van der Waals surface area contributed by atoms with Crippen molar-refractivity contribution in [3.05, 3.63) is 49.5 Å². The number of hydrogen-bond donors (Lipinski definition) is 0. The minimum Gasteiger partial charge on any atom is -0.366 e. The highest BCUT2D eigenvalue weighted by molar-refractivity contribution is 7.11. The van der Waals surface area contributed by atoms with Crippen molar-refractivity contribution >= 4 is 28.6 Å². The van der Waals surface area contributed by atoms with Crippen LogP contribution in [0, 0.1) is 24.0 Å². The van der Waals surface area contributed by atoms with E-state index >= 15 is 0 Å². The molecule has 27 heavy (non-hydrogen) atoms. The molecule has 0 N–H and O–H groups in total. The summed E-state index contributed by atoms with van der Waals surface area (Å²) in [5, 5.41) is 12.5. The first-order valence-electron chi connectivity index (χ1n) is 9.04. The molecule has 3 rings (SSSR count). The maximum absolute atomic E-state index is 13.0. The zero-order valence-corrected chi connectivity index (χ0v) is 16.9. The van der Waals surface area contributed by atoms with E-state index in [0.29, 0.717) is 11.3 Å². The summed E-state index contributed by atoms with van der Waals surface area (Å²) in [6, 6.07) is 4.65. The molecule has 1 aliphatic heterocycles. The van der Waals surface area contributed by atoms with Gasteiger partial charge in [0.05, 0.1) is 21.7 Å². The van der Waals surface area contributed by atoms with Crippen molar-refractivity contribution in [3.8, 4) is 0 Å². The van der Waals surface area contributed by atoms with Crippen LogP contribution in [0.1, 0.15) is 51.7 Å². The van der Waals surface area contributed by atoms with Crippen LogP contribution in [0.5, 0.6) is 0 Å². The molecular formula is C19H24N4O3S. The highest BCUT2D eigenvalue weighted by Gasteiger charge is 2.27. The predicted molar refractivity (Wildman–Crippen MR) is 107 cm³/mol. The van der Waals surface area contributed by atoms with E-state index in [1.54, 1.807) is 35.4 Å². The third-order valence-electron chi connectivity index (χ3n) is 5.09. The van der Waals surface area contributed by atoms with Crippen molar-refractivity contribution in [1.82, 2.24) is 9.88 Å². The van der Waals surface area contributed by atoms with E-state index in [1.807, 2.05) is 25.7 Å². The van der Waals surface area contributed by atoms with Crippen LogP contribution in [0.15, 0.2) is 18.2 Å². The average molecular weight is 388 g/mol. The topological polar surface area (TPSA) is 79.6 Å². The molecule has 1 aromatic heterocycles. The number of carbonyl (C=O) groups is 1. The molecule has 1 aromatic carbocycles. The number of rotatable bonds is 5. The highest BCUT2D eigenvalue weighted by atomic mass is 32.1. The van der Waals surface area contributed by atoms with Crippen LogP contribution in [0.4, 0.5) is 11.4 Å². The molecule has 2 aromatic rings. The van der Waals surface area contributed by atoms with Gasteiger partial charge in [0.2, 0.25) is 0 Å². The molecule has 1 unspecified atom stereocenters. The summed E-state index contributed by atoms with van der Waals surface area (Å²) in [7, 11) is 1.72. The van der Waals surface area contributed by atoms with E-state index in [0.717, 1.165) is 41.5 Å². The average Bonchev–Trinajstić information content (AvgIpc) is 3.28. The van der Waals surface area contributed by atoms with Crippen molar-refractivity contribution in [1.29, 1.82) is 0 Å². The molecule has 8 heteroatoms. The first-order chi connectivity index (χ1) is 12.8. The van der Waals surface area contributed by atoms with Crippen LogP contribution < -0.4 is 4.90 Å². The fourth-order valence-electron chi connectivity index (χ4n) is 3.52. The van der Waals surface area contributed by atoms with Crippen molar-refractivity contribution in [3.63, 3.8) is 0 Å². The van der Waals surface area contributed by atoms with E-state index in [-0.39, 0.29) is 17.6 Å². The number of thiazole rings is 1. The summed E-state index contributed by atoms with van der Waals surface area (Å²) in [6.07, 6.45) is 2.07. The third-order valence-corrected chi connectivity index (χ3v) is 6.33. The number of carbonyl (C=O) groups excluding carboxylic acids is 1. The van der Waals surface area contributed by atoms with E-state index < -0.39 is 4.92 Å². The van der Waals surface area contributed by atoms with Gasteiger partial charge in [-0.15, -0.1) is 11.3 Å². The fourth-order valence-corrected chi connectivity index (χ4v) is 4.54. The number of amides is 1. The summed E-state index contributed by atoms with van der Waals surface area (Å²) in [5.74, 6) is -0.232. The van der Waals surface area contributed by atoms with Gasteiger partial charge in [0.25, 0.3) is 11.6 Å². The van der Waals surface area contributed by atoms with Crippen LogP contribution in [-0.4, -0.2) is 40.9 Å². The van der Waals surface area contributed by atoms with Gasteiger partial charge in [0.1, 0.15) is 5.69 Å². The zero-order valence-electron chi connectivity index (χ0n) is 16.1. The van der Waals surface area contributed by atoms with Crippen LogP contribution in [0.25, 0.3) is 0 Å². The molecule has 1 amide bonds.